The minimum absolute atomic E-state index is 0. The molecule has 0 aromatic heterocycles. The summed E-state index contributed by atoms with van der Waals surface area (Å²) in [5.41, 5.74) is 0.941. The maximum atomic E-state index is 7.47. The summed E-state index contributed by atoms with van der Waals surface area (Å²) >= 11 is 0. The van der Waals surface area contributed by atoms with E-state index in [9.17, 15) is 0 Å². The number of nitrogens with one attached hydrogen (secondary N) is 1. The molecule has 0 bridgehead atoms. The molecule has 0 saturated carbocycles. The van der Waals surface area contributed by atoms with Crippen LogP contribution in [0.4, 0.5) is 0 Å². The van der Waals surface area contributed by atoms with Crippen LogP contribution in [-0.2, 0) is 0 Å². The van der Waals surface area contributed by atoms with Gasteiger partial charge in [0.15, 0.2) is 0 Å². The van der Waals surface area contributed by atoms with Gasteiger partial charge in [0.1, 0.15) is 0 Å². The Morgan fingerprint density at radius 3 is 2.18 bits per heavy atom. The van der Waals surface area contributed by atoms with E-state index in [1.54, 1.807) is 0 Å². The first-order chi connectivity index (χ1) is 4.81. The van der Waals surface area contributed by atoms with E-state index in [-0.39, 0.29) is 20.3 Å². The van der Waals surface area contributed by atoms with Crippen molar-refractivity contribution in [3.8, 4) is 0 Å². The van der Waals surface area contributed by atoms with Gasteiger partial charge < -0.3 is 6.84 Å². The second-order valence-electron chi connectivity index (χ2n) is 2.81. The van der Waals surface area contributed by atoms with Crippen molar-refractivity contribution in [3.63, 3.8) is 0 Å². The molecule has 0 aliphatic heterocycles. The van der Waals surface area contributed by atoms with Gasteiger partial charge in [-0.3, -0.25) is 0 Å². The number of hydrogen-bond donors (Lipinski definition) is 1. The first kappa shape index (κ1) is 13.8. The Morgan fingerprint density at radius 1 is 1.09 bits per heavy atom. The van der Waals surface area contributed by atoms with Crippen molar-refractivity contribution in [1.82, 2.24) is 0 Å². The van der Waals surface area contributed by atoms with Gasteiger partial charge in [0, 0.05) is 5.71 Å². The maximum absolute atomic E-state index is 7.47. The molecular weight excluding hydrogens is 129 g/mol. The van der Waals surface area contributed by atoms with Crippen LogP contribution in [0.5, 0.6) is 0 Å². The molecule has 11 heavy (non-hydrogen) atoms. The molecule has 2 heteroatoms. The van der Waals surface area contributed by atoms with Crippen LogP contribution in [-0.4, -0.2) is 5.71 Å². The predicted octanol–water partition coefficient (Wildman–Crippen LogP) is 0.503. The van der Waals surface area contributed by atoms with Gasteiger partial charge in [-0.15, -0.1) is 0 Å². The normalized spacial score (nSPS) is 8.91. The molecule has 0 radical (unpaired) electrons. The van der Waals surface area contributed by atoms with E-state index < -0.39 is 0 Å². The van der Waals surface area contributed by atoms with Gasteiger partial charge in [-0.05, 0) is 19.3 Å². The Balaban J connectivity index is -0.000000405. The molecule has 0 atom stereocenters. The minimum Gasteiger partial charge on any atom is -1.00 e. The molecule has 0 rings (SSSR count). The van der Waals surface area contributed by atoms with E-state index in [0.717, 1.165) is 25.0 Å². The fourth-order valence-corrected chi connectivity index (χ4v) is 1.02. The Morgan fingerprint density at radius 2 is 1.73 bits per heavy atom. The maximum Gasteiger partial charge on any atom is 1.00 e. The molecule has 0 heterocycles. The van der Waals surface area contributed by atoms with Gasteiger partial charge in [0.05, 0.1) is 0 Å². The van der Waals surface area contributed by atoms with Crippen LogP contribution in [0, 0.1) is 5.41 Å². The third-order valence-corrected chi connectivity index (χ3v) is 1.63. The Hall–Kier alpha value is 0.267. The average molecular weight is 149 g/mol. The van der Waals surface area contributed by atoms with Crippen molar-refractivity contribution < 1.29 is 20.3 Å². The van der Waals surface area contributed by atoms with Crippen LogP contribution in [0.25, 0.3) is 0 Å². The van der Waals surface area contributed by atoms with Crippen LogP contribution in [0.1, 0.15) is 53.8 Å². The van der Waals surface area contributed by atoms with E-state index >= 15 is 0 Å². The van der Waals surface area contributed by atoms with E-state index in [4.69, 9.17) is 5.41 Å². The van der Waals surface area contributed by atoms with Crippen LogP contribution in [0.2, 0.25) is 0 Å². The second-order valence-corrected chi connectivity index (χ2v) is 2.81. The van der Waals surface area contributed by atoms with Crippen LogP contribution in [0.3, 0.4) is 0 Å². The van der Waals surface area contributed by atoms with Crippen molar-refractivity contribution in [3.05, 3.63) is 0 Å². The topological polar surface area (TPSA) is 23.9 Å². The monoisotopic (exact) mass is 149 g/mol. The zero-order valence-corrected chi connectivity index (χ0v) is 8.24. The molecule has 1 nitrogen and oxygen atoms in total. The second kappa shape index (κ2) is 10.3. The fraction of sp³-hybridized carbons (Fsp3) is 0.889. The molecule has 0 aliphatic carbocycles. The van der Waals surface area contributed by atoms with Crippen LogP contribution in [0.15, 0.2) is 0 Å². The summed E-state index contributed by atoms with van der Waals surface area (Å²) in [5, 5.41) is 7.47. The van der Waals surface area contributed by atoms with Gasteiger partial charge in [-0.25, -0.2) is 0 Å². The summed E-state index contributed by atoms with van der Waals surface area (Å²) in [5.74, 6) is 0. The SMILES string of the molecule is CCCCCC(=N)CCC.[H-].[Li+]. The predicted molar refractivity (Wildman–Crippen MR) is 47.9 cm³/mol. The molecule has 0 aliphatic rings. The van der Waals surface area contributed by atoms with Crippen molar-refractivity contribution in [2.45, 2.75) is 52.4 Å². The Kier molecular flexibility index (Phi) is 12.9. The van der Waals surface area contributed by atoms with E-state index in [0.29, 0.717) is 0 Å². The molecular formula is C9H20LiN. The molecule has 0 aromatic carbocycles. The molecule has 62 valence electrons. The van der Waals surface area contributed by atoms with E-state index in [1.165, 1.54) is 19.3 Å². The first-order valence-electron chi connectivity index (χ1n) is 4.37. The van der Waals surface area contributed by atoms with Crippen LogP contribution < -0.4 is 18.9 Å². The third kappa shape index (κ3) is 10.3. The summed E-state index contributed by atoms with van der Waals surface area (Å²) in [4.78, 5) is 0. The zero-order chi connectivity index (χ0) is 7.82. The van der Waals surface area contributed by atoms with E-state index in [2.05, 4.69) is 13.8 Å². The standard InChI is InChI=1S/C9H19N.Li.H/c1-3-5-6-8-9(10)7-4-2;;/h10H,3-8H2,1-2H3;;/q;+1;-1. The average Bonchev–Trinajstić information content (AvgIpc) is 1.89. The Bertz CT molecular complexity index is 96.5. The zero-order valence-electron chi connectivity index (χ0n) is 9.24. The summed E-state index contributed by atoms with van der Waals surface area (Å²) < 4.78 is 0. The summed E-state index contributed by atoms with van der Waals surface area (Å²) in [6.07, 6.45) is 6.93. The van der Waals surface area contributed by atoms with Crippen molar-refractivity contribution in [2.75, 3.05) is 0 Å². The van der Waals surface area contributed by atoms with Gasteiger partial charge in [0.25, 0.3) is 0 Å². The molecule has 0 unspecified atom stereocenters. The third-order valence-electron chi connectivity index (χ3n) is 1.63. The van der Waals surface area contributed by atoms with Crippen LogP contribution >= 0.6 is 0 Å². The van der Waals surface area contributed by atoms with Crippen molar-refractivity contribution in [1.29, 1.82) is 5.41 Å². The number of hydrogen-bond acceptors (Lipinski definition) is 1. The van der Waals surface area contributed by atoms with Crippen molar-refractivity contribution in [2.24, 2.45) is 0 Å². The number of unbranched alkanes of at least 4 members (excludes halogenated alkanes) is 2. The Labute approximate surface area is 84.1 Å². The molecule has 0 spiro atoms. The van der Waals surface area contributed by atoms with E-state index in [1.807, 2.05) is 0 Å². The van der Waals surface area contributed by atoms with Gasteiger partial charge >= 0.3 is 18.9 Å². The van der Waals surface area contributed by atoms with Crippen molar-refractivity contribution >= 4 is 5.71 Å². The smallest absolute Gasteiger partial charge is 1.00 e. The quantitative estimate of drug-likeness (QED) is 0.323. The molecule has 0 aromatic rings. The fourth-order valence-electron chi connectivity index (χ4n) is 1.02. The van der Waals surface area contributed by atoms with Gasteiger partial charge in [-0.1, -0.05) is 33.1 Å². The first-order valence-corrected chi connectivity index (χ1v) is 4.37. The molecule has 1 N–H and O–H groups in total. The summed E-state index contributed by atoms with van der Waals surface area (Å²) in [6, 6.07) is 0. The molecule has 0 saturated heterocycles. The molecule has 0 amide bonds. The number of rotatable bonds is 6. The molecule has 0 fully saturated rings. The summed E-state index contributed by atoms with van der Waals surface area (Å²) in [7, 11) is 0. The summed E-state index contributed by atoms with van der Waals surface area (Å²) in [6.45, 7) is 4.33. The van der Waals surface area contributed by atoms with Gasteiger partial charge in [-0.2, -0.15) is 0 Å². The largest absolute Gasteiger partial charge is 1.00 e. The van der Waals surface area contributed by atoms with Gasteiger partial charge in [0.2, 0.25) is 0 Å². The minimum atomic E-state index is 0.